The van der Waals surface area contributed by atoms with Crippen LogP contribution in [0.2, 0.25) is 5.02 Å². The fourth-order valence-corrected chi connectivity index (χ4v) is 5.88. The molecule has 0 aromatic heterocycles. The molecule has 3 aromatic carbocycles. The fourth-order valence-electron chi connectivity index (χ4n) is 4.28. The highest BCUT2D eigenvalue weighted by Gasteiger charge is 2.33. The Morgan fingerprint density at radius 1 is 1.02 bits per heavy atom. The summed E-state index contributed by atoms with van der Waals surface area (Å²) < 4.78 is 47.8. The van der Waals surface area contributed by atoms with Gasteiger partial charge in [0.15, 0.2) is 0 Å². The second kappa shape index (κ2) is 14.8. The molecule has 3 rings (SSSR count). The maximum atomic E-state index is 14.1. The van der Waals surface area contributed by atoms with Crippen molar-refractivity contribution in [1.29, 1.82) is 0 Å². The third-order valence-electron chi connectivity index (χ3n) is 6.50. The average molecular weight is 604 g/mol. The number of methoxy groups -OCH3 is 1. The van der Waals surface area contributed by atoms with E-state index in [1.165, 1.54) is 30.2 Å². The highest BCUT2D eigenvalue weighted by molar-refractivity contribution is 7.92. The van der Waals surface area contributed by atoms with Crippen LogP contribution in [0.1, 0.15) is 38.7 Å². The SMILES string of the molecule is CCCCNC(=O)C(CC)N(Cc1cccc(OC)c1)C(=O)CN(c1ccc(F)c(Cl)c1)S(=O)(=O)c1ccccc1. The summed E-state index contributed by atoms with van der Waals surface area (Å²) in [5.74, 6) is -1.11. The lowest BCUT2D eigenvalue weighted by molar-refractivity contribution is -0.140. The van der Waals surface area contributed by atoms with Gasteiger partial charge >= 0.3 is 0 Å². The van der Waals surface area contributed by atoms with Crippen LogP contribution in [0.15, 0.2) is 77.7 Å². The maximum absolute atomic E-state index is 14.1. The molecule has 0 aliphatic rings. The molecule has 0 heterocycles. The maximum Gasteiger partial charge on any atom is 0.264 e. The Labute approximate surface area is 246 Å². The first-order chi connectivity index (χ1) is 19.6. The van der Waals surface area contributed by atoms with Gasteiger partial charge in [-0.3, -0.25) is 13.9 Å². The molecule has 11 heteroatoms. The summed E-state index contributed by atoms with van der Waals surface area (Å²) in [7, 11) is -2.76. The number of nitrogens with zero attached hydrogens (tertiary/aromatic N) is 2. The Morgan fingerprint density at radius 2 is 1.76 bits per heavy atom. The molecule has 1 N–H and O–H groups in total. The van der Waals surface area contributed by atoms with Crippen LogP contribution in [-0.4, -0.2) is 51.4 Å². The normalized spacial score (nSPS) is 11.9. The van der Waals surface area contributed by atoms with Gasteiger partial charge in [-0.2, -0.15) is 0 Å². The lowest BCUT2D eigenvalue weighted by Crippen LogP contribution is -2.52. The van der Waals surface area contributed by atoms with Gasteiger partial charge in [0.05, 0.1) is 22.7 Å². The van der Waals surface area contributed by atoms with Crippen LogP contribution >= 0.6 is 11.6 Å². The predicted molar refractivity (Wildman–Crippen MR) is 158 cm³/mol. The molecule has 1 atom stereocenters. The van der Waals surface area contributed by atoms with E-state index in [0.717, 1.165) is 29.3 Å². The summed E-state index contributed by atoms with van der Waals surface area (Å²) in [4.78, 5) is 28.6. The molecule has 3 aromatic rings. The van der Waals surface area contributed by atoms with E-state index in [0.29, 0.717) is 24.3 Å². The smallest absolute Gasteiger partial charge is 0.264 e. The van der Waals surface area contributed by atoms with Crippen molar-refractivity contribution in [1.82, 2.24) is 10.2 Å². The Bertz CT molecular complexity index is 1440. The van der Waals surface area contributed by atoms with E-state index < -0.39 is 34.3 Å². The standard InChI is InChI=1S/C30H35ClFN3O5S/c1-4-6-17-33-30(37)28(5-2)34(20-22-11-10-12-24(18-22)40-3)29(36)21-35(23-15-16-27(32)26(31)19-23)41(38,39)25-13-8-7-9-14-25/h7-16,18-19,28H,4-6,17,20-21H2,1-3H3,(H,33,37). The fraction of sp³-hybridized carbons (Fsp3) is 0.333. The first-order valence-corrected chi connectivity index (χ1v) is 15.2. The Hall–Kier alpha value is -3.63. The minimum Gasteiger partial charge on any atom is -0.497 e. The number of carbonyl (C=O) groups excluding carboxylic acids is 2. The van der Waals surface area contributed by atoms with Crippen LogP contribution < -0.4 is 14.4 Å². The van der Waals surface area contributed by atoms with Crippen molar-refractivity contribution in [2.24, 2.45) is 0 Å². The molecule has 0 radical (unpaired) electrons. The molecule has 0 spiro atoms. The zero-order valence-corrected chi connectivity index (χ0v) is 24.9. The van der Waals surface area contributed by atoms with Gasteiger partial charge in [0.2, 0.25) is 11.8 Å². The lowest BCUT2D eigenvalue weighted by atomic mass is 10.1. The third kappa shape index (κ3) is 8.20. The summed E-state index contributed by atoms with van der Waals surface area (Å²) >= 11 is 6.01. The molecular formula is C30H35ClFN3O5S. The Morgan fingerprint density at radius 3 is 2.39 bits per heavy atom. The number of amides is 2. The van der Waals surface area contributed by atoms with Gasteiger partial charge in [0, 0.05) is 13.1 Å². The summed E-state index contributed by atoms with van der Waals surface area (Å²) in [5, 5.41) is 2.59. The molecule has 0 saturated heterocycles. The van der Waals surface area contributed by atoms with E-state index >= 15 is 0 Å². The zero-order valence-electron chi connectivity index (χ0n) is 23.3. The number of rotatable bonds is 14. The molecule has 41 heavy (non-hydrogen) atoms. The number of benzene rings is 3. The zero-order chi connectivity index (χ0) is 30.0. The van der Waals surface area contributed by atoms with E-state index in [4.69, 9.17) is 16.3 Å². The van der Waals surface area contributed by atoms with E-state index in [1.54, 1.807) is 49.4 Å². The van der Waals surface area contributed by atoms with Crippen LogP contribution in [0.3, 0.4) is 0 Å². The van der Waals surface area contributed by atoms with Crippen molar-refractivity contribution in [3.8, 4) is 5.75 Å². The van der Waals surface area contributed by atoms with Gasteiger partial charge in [-0.15, -0.1) is 0 Å². The number of unbranched alkanes of at least 4 members (excludes halogenated alkanes) is 1. The number of anilines is 1. The molecule has 0 saturated carbocycles. The molecule has 8 nitrogen and oxygen atoms in total. The van der Waals surface area contributed by atoms with Crippen LogP contribution in [-0.2, 0) is 26.2 Å². The van der Waals surface area contributed by atoms with Crippen LogP contribution in [0, 0.1) is 5.82 Å². The summed E-state index contributed by atoms with van der Waals surface area (Å²) in [6, 6.07) is 17.3. The number of hydrogen-bond acceptors (Lipinski definition) is 5. The predicted octanol–water partition coefficient (Wildman–Crippen LogP) is 5.41. The van der Waals surface area contributed by atoms with E-state index in [2.05, 4.69) is 5.32 Å². The quantitative estimate of drug-likeness (QED) is 0.249. The number of nitrogens with one attached hydrogen (secondary N) is 1. The van der Waals surface area contributed by atoms with Gasteiger partial charge in [-0.05, 0) is 60.9 Å². The van der Waals surface area contributed by atoms with E-state index in [1.807, 2.05) is 6.92 Å². The van der Waals surface area contributed by atoms with E-state index in [-0.39, 0.29) is 28.1 Å². The first kappa shape index (κ1) is 31.9. The Kier molecular flexibility index (Phi) is 11.5. The van der Waals surface area contributed by atoms with Crippen LogP contribution in [0.25, 0.3) is 0 Å². The van der Waals surface area contributed by atoms with Gasteiger partial charge < -0.3 is 15.0 Å². The molecule has 220 valence electrons. The van der Waals surface area contributed by atoms with Crippen molar-refractivity contribution in [3.05, 3.63) is 89.2 Å². The molecule has 2 amide bonds. The second-order valence-electron chi connectivity index (χ2n) is 9.36. The van der Waals surface area contributed by atoms with Crippen LogP contribution in [0.5, 0.6) is 5.75 Å². The summed E-state index contributed by atoms with van der Waals surface area (Å²) in [5.41, 5.74) is 0.704. The highest BCUT2D eigenvalue weighted by Crippen LogP contribution is 2.28. The molecule has 0 fully saturated rings. The number of sulfonamides is 1. The molecule has 0 aliphatic heterocycles. The first-order valence-electron chi connectivity index (χ1n) is 13.3. The minimum atomic E-state index is -4.28. The minimum absolute atomic E-state index is 0.00961. The molecule has 0 bridgehead atoms. The highest BCUT2D eigenvalue weighted by atomic mass is 35.5. The monoisotopic (exact) mass is 603 g/mol. The number of carbonyl (C=O) groups is 2. The molecule has 0 aliphatic carbocycles. The van der Waals surface area contributed by atoms with Gasteiger partial charge in [-0.25, -0.2) is 12.8 Å². The van der Waals surface area contributed by atoms with Crippen molar-refractivity contribution in [2.75, 3.05) is 24.5 Å². The lowest BCUT2D eigenvalue weighted by Gasteiger charge is -2.33. The second-order valence-corrected chi connectivity index (χ2v) is 11.6. The van der Waals surface area contributed by atoms with Crippen molar-refractivity contribution < 1.29 is 27.1 Å². The number of ether oxygens (including phenoxy) is 1. The summed E-state index contributed by atoms with van der Waals surface area (Å²) in [6.45, 7) is 3.62. The third-order valence-corrected chi connectivity index (χ3v) is 8.58. The van der Waals surface area contributed by atoms with Gasteiger partial charge in [-0.1, -0.05) is 62.2 Å². The average Bonchev–Trinajstić information content (AvgIpc) is 2.97. The number of halogens is 2. The molecular weight excluding hydrogens is 569 g/mol. The summed E-state index contributed by atoms with van der Waals surface area (Å²) in [6.07, 6.45) is 1.96. The van der Waals surface area contributed by atoms with Gasteiger partial charge in [0.1, 0.15) is 24.2 Å². The van der Waals surface area contributed by atoms with Crippen molar-refractivity contribution >= 4 is 39.1 Å². The molecule has 1 unspecified atom stereocenters. The van der Waals surface area contributed by atoms with Gasteiger partial charge in [0.25, 0.3) is 10.0 Å². The van der Waals surface area contributed by atoms with Crippen molar-refractivity contribution in [2.45, 2.75) is 50.6 Å². The number of hydrogen-bond donors (Lipinski definition) is 1. The van der Waals surface area contributed by atoms with Crippen LogP contribution in [0.4, 0.5) is 10.1 Å². The van der Waals surface area contributed by atoms with E-state index in [9.17, 15) is 22.4 Å². The van der Waals surface area contributed by atoms with Crippen molar-refractivity contribution in [3.63, 3.8) is 0 Å². The Balaban J connectivity index is 2.05. The largest absolute Gasteiger partial charge is 0.497 e. The topological polar surface area (TPSA) is 96.0 Å².